The number of nitrogens with zero attached hydrogens (tertiary/aromatic N) is 2. The minimum Gasteiger partial charge on any atom is -0.497 e. The van der Waals surface area contributed by atoms with Crippen LogP contribution in [0.1, 0.15) is 21.5 Å². The minimum absolute atomic E-state index is 0.127. The average Bonchev–Trinajstić information content (AvgIpc) is 3.31. The highest BCUT2D eigenvalue weighted by Gasteiger charge is 2.19. The summed E-state index contributed by atoms with van der Waals surface area (Å²) in [7, 11) is 1.60. The molecule has 7 nitrogen and oxygen atoms in total. The summed E-state index contributed by atoms with van der Waals surface area (Å²) >= 11 is 0. The molecule has 0 unspecified atom stereocenters. The van der Waals surface area contributed by atoms with Gasteiger partial charge in [-0.05, 0) is 35.4 Å². The Balaban J connectivity index is 1.48. The number of nitrogens with one attached hydrogen (secondary N) is 2. The van der Waals surface area contributed by atoms with Crippen LogP contribution >= 0.6 is 0 Å². The second-order valence-electron chi connectivity index (χ2n) is 7.75. The van der Waals surface area contributed by atoms with Crippen molar-refractivity contribution in [2.24, 2.45) is 0 Å². The van der Waals surface area contributed by atoms with Gasteiger partial charge in [0.15, 0.2) is 0 Å². The number of ether oxygens (including phenoxy) is 1. The molecule has 0 aliphatic rings. The third-order valence-electron chi connectivity index (χ3n) is 5.30. The van der Waals surface area contributed by atoms with Crippen molar-refractivity contribution in [1.29, 1.82) is 0 Å². The molecular weight excluding hydrogens is 428 g/mol. The summed E-state index contributed by atoms with van der Waals surface area (Å²) in [6.07, 6.45) is 1.71. The van der Waals surface area contributed by atoms with Gasteiger partial charge >= 0.3 is 0 Å². The molecule has 2 N–H and O–H groups in total. The fourth-order valence-corrected chi connectivity index (χ4v) is 3.52. The van der Waals surface area contributed by atoms with E-state index in [0.717, 1.165) is 16.7 Å². The van der Waals surface area contributed by atoms with Gasteiger partial charge in [0.1, 0.15) is 11.4 Å². The molecule has 1 aromatic heterocycles. The van der Waals surface area contributed by atoms with Crippen LogP contribution in [0, 0.1) is 0 Å². The van der Waals surface area contributed by atoms with Gasteiger partial charge in [-0.25, -0.2) is 0 Å². The third kappa shape index (κ3) is 5.89. The Kier molecular flexibility index (Phi) is 7.35. The summed E-state index contributed by atoms with van der Waals surface area (Å²) in [4.78, 5) is 25.3. The van der Waals surface area contributed by atoms with E-state index in [0.29, 0.717) is 30.1 Å². The van der Waals surface area contributed by atoms with Crippen LogP contribution in [0.15, 0.2) is 91.1 Å². The number of amides is 2. The van der Waals surface area contributed by atoms with Crippen LogP contribution in [0.25, 0.3) is 11.3 Å². The number of hydrogen-bond acceptors (Lipinski definition) is 4. The third-order valence-corrected chi connectivity index (χ3v) is 5.30. The molecule has 3 aromatic carbocycles. The van der Waals surface area contributed by atoms with Crippen molar-refractivity contribution in [1.82, 2.24) is 20.4 Å². The van der Waals surface area contributed by atoms with Gasteiger partial charge in [0.25, 0.3) is 5.91 Å². The van der Waals surface area contributed by atoms with Gasteiger partial charge in [-0.2, -0.15) is 5.10 Å². The molecule has 0 radical (unpaired) electrons. The van der Waals surface area contributed by atoms with E-state index in [-0.39, 0.29) is 18.4 Å². The Bertz CT molecular complexity index is 1240. The van der Waals surface area contributed by atoms with Crippen LogP contribution in [-0.2, 0) is 17.9 Å². The number of carbonyl (C=O) groups is 2. The Morgan fingerprint density at radius 2 is 1.50 bits per heavy atom. The lowest BCUT2D eigenvalue weighted by Crippen LogP contribution is -2.36. The van der Waals surface area contributed by atoms with E-state index >= 15 is 0 Å². The van der Waals surface area contributed by atoms with Crippen molar-refractivity contribution in [3.8, 4) is 17.0 Å². The minimum atomic E-state index is -0.361. The standard InChI is InChI=1S/C27H26N4O3/c1-34-23-14-12-22(13-15-23)26-24(19-31(30-26)18-21-10-6-3-7-11-21)27(33)29-17-25(32)28-16-20-8-4-2-5-9-20/h2-15,19H,16-18H2,1H3,(H,28,32)(H,29,33). The fourth-order valence-electron chi connectivity index (χ4n) is 3.52. The van der Waals surface area contributed by atoms with Crippen molar-refractivity contribution in [3.05, 3.63) is 108 Å². The van der Waals surface area contributed by atoms with Gasteiger partial charge in [0, 0.05) is 18.3 Å². The average molecular weight is 455 g/mol. The molecule has 0 saturated carbocycles. The van der Waals surface area contributed by atoms with Crippen molar-refractivity contribution in [3.63, 3.8) is 0 Å². The van der Waals surface area contributed by atoms with Crippen LogP contribution in [0.2, 0.25) is 0 Å². The zero-order valence-electron chi connectivity index (χ0n) is 18.9. The first-order valence-electron chi connectivity index (χ1n) is 11.0. The predicted molar refractivity (Wildman–Crippen MR) is 130 cm³/mol. The van der Waals surface area contributed by atoms with E-state index < -0.39 is 0 Å². The normalized spacial score (nSPS) is 10.5. The number of hydrogen-bond donors (Lipinski definition) is 2. The fraction of sp³-hybridized carbons (Fsp3) is 0.148. The quantitative estimate of drug-likeness (QED) is 0.404. The van der Waals surface area contributed by atoms with Crippen molar-refractivity contribution in [2.45, 2.75) is 13.1 Å². The predicted octanol–water partition coefficient (Wildman–Crippen LogP) is 3.65. The maximum Gasteiger partial charge on any atom is 0.255 e. The Labute approximate surface area is 198 Å². The number of methoxy groups -OCH3 is 1. The first kappa shape index (κ1) is 22.8. The molecule has 0 saturated heterocycles. The molecular formula is C27H26N4O3. The van der Waals surface area contributed by atoms with E-state index in [9.17, 15) is 9.59 Å². The molecule has 1 heterocycles. The maximum absolute atomic E-state index is 13.0. The smallest absolute Gasteiger partial charge is 0.255 e. The van der Waals surface area contributed by atoms with Gasteiger partial charge in [-0.3, -0.25) is 14.3 Å². The van der Waals surface area contributed by atoms with Crippen LogP contribution in [-0.4, -0.2) is 35.2 Å². The molecule has 0 spiro atoms. The Morgan fingerprint density at radius 1 is 0.853 bits per heavy atom. The molecule has 4 aromatic rings. The zero-order valence-corrected chi connectivity index (χ0v) is 18.9. The summed E-state index contributed by atoms with van der Waals surface area (Å²) in [5, 5.41) is 10.2. The first-order valence-corrected chi connectivity index (χ1v) is 11.0. The van der Waals surface area contributed by atoms with Gasteiger partial charge in [-0.1, -0.05) is 60.7 Å². The topological polar surface area (TPSA) is 85.2 Å². The molecule has 7 heteroatoms. The molecule has 0 fully saturated rings. The zero-order chi connectivity index (χ0) is 23.8. The second-order valence-corrected chi connectivity index (χ2v) is 7.75. The van der Waals surface area contributed by atoms with E-state index in [4.69, 9.17) is 4.74 Å². The van der Waals surface area contributed by atoms with Gasteiger partial charge in [0.05, 0.1) is 25.8 Å². The SMILES string of the molecule is COc1ccc(-c2nn(Cc3ccccc3)cc2C(=O)NCC(=O)NCc2ccccc2)cc1. The molecule has 0 aliphatic heterocycles. The van der Waals surface area contributed by atoms with Crippen LogP contribution in [0.4, 0.5) is 0 Å². The summed E-state index contributed by atoms with van der Waals surface area (Å²) in [5.41, 5.74) is 3.79. The highest BCUT2D eigenvalue weighted by Crippen LogP contribution is 2.25. The Hall–Kier alpha value is -4.39. The number of aromatic nitrogens is 2. The van der Waals surface area contributed by atoms with E-state index in [1.165, 1.54) is 0 Å². The van der Waals surface area contributed by atoms with E-state index in [1.807, 2.05) is 84.9 Å². The van der Waals surface area contributed by atoms with Gasteiger partial charge < -0.3 is 15.4 Å². The number of carbonyl (C=O) groups excluding carboxylic acids is 2. The van der Waals surface area contributed by atoms with Crippen LogP contribution in [0.3, 0.4) is 0 Å². The van der Waals surface area contributed by atoms with Crippen molar-refractivity contribution in [2.75, 3.05) is 13.7 Å². The largest absolute Gasteiger partial charge is 0.497 e. The molecule has 172 valence electrons. The maximum atomic E-state index is 13.0. The number of rotatable bonds is 9. The first-order chi connectivity index (χ1) is 16.6. The monoisotopic (exact) mass is 454 g/mol. The molecule has 2 amide bonds. The van der Waals surface area contributed by atoms with Gasteiger partial charge in [0.2, 0.25) is 5.91 Å². The Morgan fingerprint density at radius 3 is 2.15 bits per heavy atom. The summed E-state index contributed by atoms with van der Waals surface area (Å²) in [6.45, 7) is 0.800. The molecule has 0 atom stereocenters. The highest BCUT2D eigenvalue weighted by atomic mass is 16.5. The van der Waals surface area contributed by atoms with Crippen molar-refractivity contribution >= 4 is 11.8 Å². The lowest BCUT2D eigenvalue weighted by molar-refractivity contribution is -0.120. The molecule has 34 heavy (non-hydrogen) atoms. The van der Waals surface area contributed by atoms with Crippen molar-refractivity contribution < 1.29 is 14.3 Å². The summed E-state index contributed by atoms with van der Waals surface area (Å²) in [6, 6.07) is 26.9. The molecule has 4 rings (SSSR count). The van der Waals surface area contributed by atoms with Crippen LogP contribution < -0.4 is 15.4 Å². The van der Waals surface area contributed by atoms with E-state index in [1.54, 1.807) is 18.0 Å². The van der Waals surface area contributed by atoms with E-state index in [2.05, 4.69) is 15.7 Å². The van der Waals surface area contributed by atoms with Crippen LogP contribution in [0.5, 0.6) is 5.75 Å². The molecule has 0 aliphatic carbocycles. The second kappa shape index (κ2) is 11.0. The highest BCUT2D eigenvalue weighted by molar-refractivity contribution is 6.01. The summed E-state index contributed by atoms with van der Waals surface area (Å²) in [5.74, 6) is 0.0911. The lowest BCUT2D eigenvalue weighted by atomic mass is 10.1. The van der Waals surface area contributed by atoms with Gasteiger partial charge in [-0.15, -0.1) is 0 Å². The lowest BCUT2D eigenvalue weighted by Gasteiger charge is -2.07. The summed E-state index contributed by atoms with van der Waals surface area (Å²) < 4.78 is 6.97. The molecule has 0 bridgehead atoms. The number of benzene rings is 3.